The van der Waals surface area contributed by atoms with Gasteiger partial charge in [-0.1, -0.05) is 12.1 Å². The lowest BCUT2D eigenvalue weighted by Gasteiger charge is -2.32. The summed E-state index contributed by atoms with van der Waals surface area (Å²) < 4.78 is 25.4. The number of anilines is 1. The second kappa shape index (κ2) is 8.61. The summed E-state index contributed by atoms with van der Waals surface area (Å²) in [4.78, 5) is 37.9. The number of hydrogen-bond donors (Lipinski definition) is 0. The molecule has 0 aliphatic carbocycles. The van der Waals surface area contributed by atoms with Crippen LogP contribution in [0.3, 0.4) is 0 Å². The number of carbonyl (C=O) groups is 3. The van der Waals surface area contributed by atoms with Gasteiger partial charge in [-0.25, -0.2) is 14.4 Å². The van der Waals surface area contributed by atoms with Gasteiger partial charge < -0.3 is 28.3 Å². The van der Waals surface area contributed by atoms with E-state index in [1.54, 1.807) is 30.3 Å². The minimum absolute atomic E-state index is 0.00743. The molecule has 1 aliphatic heterocycles. The second-order valence-electron chi connectivity index (χ2n) is 5.89. The third-order valence-corrected chi connectivity index (χ3v) is 4.29. The Hall–Kier alpha value is -3.59. The van der Waals surface area contributed by atoms with E-state index in [0.717, 1.165) is 0 Å². The molecule has 1 aromatic heterocycles. The molecule has 0 bridgehead atoms. The van der Waals surface area contributed by atoms with Crippen molar-refractivity contribution in [3.05, 3.63) is 53.4 Å². The van der Waals surface area contributed by atoms with Crippen molar-refractivity contribution >= 4 is 23.6 Å². The van der Waals surface area contributed by atoms with Crippen LogP contribution in [0, 0.1) is 0 Å². The molecule has 1 aliphatic rings. The van der Waals surface area contributed by atoms with Gasteiger partial charge in [-0.15, -0.1) is 0 Å². The molecule has 152 valence electrons. The molecule has 0 saturated heterocycles. The molecule has 0 unspecified atom stereocenters. The Morgan fingerprint density at radius 2 is 1.59 bits per heavy atom. The maximum Gasteiger partial charge on any atom is 0.373 e. The van der Waals surface area contributed by atoms with E-state index in [1.807, 2.05) is 0 Å². The normalized spacial score (nSPS) is 13.8. The number of rotatable bonds is 5. The fraction of sp³-hybridized carbons (Fsp3) is 0.250. The molecular formula is C20H19NO8. The van der Waals surface area contributed by atoms with Crippen LogP contribution in [-0.4, -0.2) is 52.6 Å². The Bertz CT molecular complexity index is 974. The molecule has 0 atom stereocenters. The van der Waals surface area contributed by atoms with Crippen LogP contribution in [0.4, 0.5) is 5.69 Å². The van der Waals surface area contributed by atoms with Crippen LogP contribution < -0.4 is 4.90 Å². The van der Waals surface area contributed by atoms with Crippen LogP contribution in [-0.2, 0) is 28.5 Å². The summed E-state index contributed by atoms with van der Waals surface area (Å²) in [6.07, 6.45) is 0. The van der Waals surface area contributed by atoms with Crippen LogP contribution in [0.1, 0.15) is 10.6 Å². The summed E-state index contributed by atoms with van der Waals surface area (Å²) in [7, 11) is 3.69. The summed E-state index contributed by atoms with van der Waals surface area (Å²) in [6, 6.07) is 10.1. The molecule has 2 aromatic rings. The predicted molar refractivity (Wildman–Crippen MR) is 99.8 cm³/mol. The molecule has 0 spiro atoms. The van der Waals surface area contributed by atoms with E-state index in [9.17, 15) is 14.4 Å². The van der Waals surface area contributed by atoms with Gasteiger partial charge in [0, 0.05) is 5.56 Å². The van der Waals surface area contributed by atoms with Crippen LogP contribution in [0.5, 0.6) is 0 Å². The van der Waals surface area contributed by atoms with Crippen molar-refractivity contribution in [2.75, 3.05) is 39.6 Å². The van der Waals surface area contributed by atoms with Crippen molar-refractivity contribution in [3.63, 3.8) is 0 Å². The lowest BCUT2D eigenvalue weighted by atomic mass is 10.1. The monoisotopic (exact) mass is 401 g/mol. The summed E-state index contributed by atoms with van der Waals surface area (Å²) in [5.74, 6) is -1.61. The Balaban J connectivity index is 2.13. The zero-order chi connectivity index (χ0) is 21.0. The number of hydrogen-bond acceptors (Lipinski definition) is 9. The number of nitrogens with zero attached hydrogens (tertiary/aromatic N) is 1. The van der Waals surface area contributed by atoms with Gasteiger partial charge in [0.25, 0.3) is 0 Å². The lowest BCUT2D eigenvalue weighted by molar-refractivity contribution is -0.140. The first kappa shape index (κ1) is 20.2. The molecule has 2 heterocycles. The van der Waals surface area contributed by atoms with E-state index in [1.165, 1.54) is 32.3 Å². The van der Waals surface area contributed by atoms with Gasteiger partial charge in [-0.2, -0.15) is 0 Å². The van der Waals surface area contributed by atoms with Crippen LogP contribution in [0.15, 0.2) is 52.1 Å². The van der Waals surface area contributed by atoms with E-state index in [0.29, 0.717) is 17.0 Å². The molecule has 0 N–H and O–H groups in total. The highest BCUT2D eigenvalue weighted by Crippen LogP contribution is 2.36. The van der Waals surface area contributed by atoms with Crippen LogP contribution >= 0.6 is 0 Å². The highest BCUT2D eigenvalue weighted by molar-refractivity contribution is 6.04. The van der Waals surface area contributed by atoms with Crippen molar-refractivity contribution in [2.24, 2.45) is 0 Å². The minimum Gasteiger partial charge on any atom is -0.466 e. The summed E-state index contributed by atoms with van der Waals surface area (Å²) in [5, 5.41) is 0. The molecule has 0 amide bonds. The fourth-order valence-corrected chi connectivity index (χ4v) is 2.94. The standard InChI is InChI=1S/C20H19NO8/c1-25-18(22)13-10-28-11-21(17(13)20(24)27-3)14-7-5-4-6-12(14)15-8-9-16(29-15)19(23)26-2/h4-9H,10-11H2,1-3H3. The van der Waals surface area contributed by atoms with E-state index >= 15 is 0 Å². The van der Waals surface area contributed by atoms with Crippen LogP contribution in [0.25, 0.3) is 11.3 Å². The molecule has 0 fully saturated rings. The Kier molecular flexibility index (Phi) is 5.99. The third-order valence-electron chi connectivity index (χ3n) is 4.29. The molecule has 29 heavy (non-hydrogen) atoms. The fourth-order valence-electron chi connectivity index (χ4n) is 2.94. The molecular weight excluding hydrogens is 382 g/mol. The van der Waals surface area contributed by atoms with E-state index < -0.39 is 17.9 Å². The number of esters is 3. The predicted octanol–water partition coefficient (Wildman–Crippen LogP) is 2.13. The Morgan fingerprint density at radius 3 is 2.28 bits per heavy atom. The Morgan fingerprint density at radius 1 is 0.897 bits per heavy atom. The van der Waals surface area contributed by atoms with Gasteiger partial charge in [0.1, 0.15) is 18.2 Å². The van der Waals surface area contributed by atoms with E-state index in [4.69, 9.17) is 18.6 Å². The molecule has 3 rings (SSSR count). The van der Waals surface area contributed by atoms with Gasteiger partial charge >= 0.3 is 17.9 Å². The van der Waals surface area contributed by atoms with E-state index in [2.05, 4.69) is 4.74 Å². The second-order valence-corrected chi connectivity index (χ2v) is 5.89. The number of furan rings is 1. The topological polar surface area (TPSA) is 105 Å². The van der Waals surface area contributed by atoms with Crippen molar-refractivity contribution in [2.45, 2.75) is 0 Å². The number of carbonyl (C=O) groups excluding carboxylic acids is 3. The molecule has 0 radical (unpaired) electrons. The first-order chi connectivity index (χ1) is 14.0. The summed E-state index contributed by atoms with van der Waals surface area (Å²) in [5.41, 5.74) is 1.13. The molecule has 9 heteroatoms. The summed E-state index contributed by atoms with van der Waals surface area (Å²) >= 11 is 0. The van der Waals surface area contributed by atoms with Crippen molar-refractivity contribution in [1.29, 1.82) is 0 Å². The number of ether oxygens (including phenoxy) is 4. The highest BCUT2D eigenvalue weighted by atomic mass is 16.5. The Labute approximate surface area is 166 Å². The largest absolute Gasteiger partial charge is 0.466 e. The van der Waals surface area contributed by atoms with Crippen molar-refractivity contribution in [3.8, 4) is 11.3 Å². The number of benzene rings is 1. The SMILES string of the molecule is COC(=O)C1=C(C(=O)OC)N(c2ccccc2-c2ccc(C(=O)OC)o2)COC1. The first-order valence-electron chi connectivity index (χ1n) is 8.54. The third kappa shape index (κ3) is 3.85. The number of methoxy groups -OCH3 is 3. The van der Waals surface area contributed by atoms with Gasteiger partial charge in [-0.05, 0) is 24.3 Å². The first-order valence-corrected chi connectivity index (χ1v) is 8.54. The van der Waals surface area contributed by atoms with Crippen molar-refractivity contribution < 1.29 is 37.7 Å². The zero-order valence-corrected chi connectivity index (χ0v) is 16.1. The lowest BCUT2D eigenvalue weighted by Crippen LogP contribution is -2.39. The van der Waals surface area contributed by atoms with Crippen LogP contribution in [0.2, 0.25) is 0 Å². The van der Waals surface area contributed by atoms with Gasteiger partial charge in [0.05, 0.1) is 39.2 Å². The highest BCUT2D eigenvalue weighted by Gasteiger charge is 2.33. The minimum atomic E-state index is -0.710. The average molecular weight is 401 g/mol. The summed E-state index contributed by atoms with van der Waals surface area (Å²) in [6.45, 7) is -0.102. The number of para-hydroxylation sites is 1. The van der Waals surface area contributed by atoms with Gasteiger partial charge in [-0.3, -0.25) is 0 Å². The maximum atomic E-state index is 12.5. The molecule has 1 aromatic carbocycles. The maximum absolute atomic E-state index is 12.5. The molecule has 0 saturated carbocycles. The van der Waals surface area contributed by atoms with E-state index in [-0.39, 0.29) is 30.4 Å². The van der Waals surface area contributed by atoms with Crippen molar-refractivity contribution in [1.82, 2.24) is 0 Å². The van der Waals surface area contributed by atoms with Gasteiger partial charge in [0.15, 0.2) is 0 Å². The smallest absolute Gasteiger partial charge is 0.373 e. The van der Waals surface area contributed by atoms with Gasteiger partial charge in [0.2, 0.25) is 5.76 Å². The average Bonchev–Trinajstić information content (AvgIpc) is 3.27. The zero-order valence-electron chi connectivity index (χ0n) is 16.1. The quantitative estimate of drug-likeness (QED) is 0.550. The molecule has 9 nitrogen and oxygen atoms in total.